The van der Waals surface area contributed by atoms with E-state index in [0.29, 0.717) is 50.6 Å². The highest BCUT2D eigenvalue weighted by Gasteiger charge is 2.40. The van der Waals surface area contributed by atoms with E-state index >= 15 is 4.39 Å². The van der Waals surface area contributed by atoms with E-state index in [1.54, 1.807) is 55.5 Å². The number of benzene rings is 3. The van der Waals surface area contributed by atoms with E-state index in [9.17, 15) is 18.0 Å². The van der Waals surface area contributed by atoms with E-state index in [-0.39, 0.29) is 41.1 Å². The molecule has 2 amide bonds. The number of amides is 2. The van der Waals surface area contributed by atoms with Crippen LogP contribution >= 0.6 is 11.6 Å². The van der Waals surface area contributed by atoms with Gasteiger partial charge in [0, 0.05) is 60.6 Å². The predicted molar refractivity (Wildman–Crippen MR) is 187 cm³/mol. The van der Waals surface area contributed by atoms with Crippen molar-refractivity contribution in [3.05, 3.63) is 94.8 Å². The van der Waals surface area contributed by atoms with Crippen LogP contribution in [0.5, 0.6) is 0 Å². The van der Waals surface area contributed by atoms with Gasteiger partial charge in [-0.15, -0.1) is 0 Å². The number of hydrogen-bond acceptors (Lipinski definition) is 7. The van der Waals surface area contributed by atoms with E-state index in [4.69, 9.17) is 21.1 Å². The Morgan fingerprint density at radius 2 is 1.76 bits per heavy atom. The maximum absolute atomic E-state index is 15.6. The molecule has 0 aliphatic carbocycles. The summed E-state index contributed by atoms with van der Waals surface area (Å²) < 4.78 is 55.4. The number of piperazine rings is 1. The zero-order valence-electron chi connectivity index (χ0n) is 27.7. The molecule has 0 bridgehead atoms. The first kappa shape index (κ1) is 36.7. The first-order chi connectivity index (χ1) is 23.6. The highest BCUT2D eigenvalue weighted by atomic mass is 35.5. The summed E-state index contributed by atoms with van der Waals surface area (Å²) in [5, 5.41) is 9.54. The Kier molecular flexibility index (Phi) is 12.7. The van der Waals surface area contributed by atoms with Crippen LogP contribution < -0.4 is 16.0 Å². The molecule has 3 aromatic rings. The van der Waals surface area contributed by atoms with E-state index in [0.717, 1.165) is 5.56 Å². The molecule has 10 nitrogen and oxygen atoms in total. The monoisotopic (exact) mass is 714 g/mol. The van der Waals surface area contributed by atoms with E-state index < -0.39 is 45.8 Å². The van der Waals surface area contributed by atoms with Crippen molar-refractivity contribution in [2.24, 2.45) is 5.92 Å². The van der Waals surface area contributed by atoms with Gasteiger partial charge in [0.05, 0.1) is 11.5 Å². The molecule has 2 saturated heterocycles. The van der Waals surface area contributed by atoms with Gasteiger partial charge in [0.25, 0.3) is 0 Å². The van der Waals surface area contributed by atoms with Gasteiger partial charge in [-0.2, -0.15) is 4.31 Å². The fourth-order valence-corrected chi connectivity index (χ4v) is 8.93. The molecule has 13 heteroatoms. The molecule has 0 aromatic heterocycles. The summed E-state index contributed by atoms with van der Waals surface area (Å²) in [7, 11) is -3.82. The van der Waals surface area contributed by atoms with Crippen LogP contribution in [0.25, 0.3) is 0 Å². The number of halogens is 2. The summed E-state index contributed by atoms with van der Waals surface area (Å²) in [5.41, 5.74) is 1.30. The predicted octanol–water partition coefficient (Wildman–Crippen LogP) is 5.73. The lowest BCUT2D eigenvalue weighted by atomic mass is 9.76. The fraction of sp³-hybridized carbons (Fsp3) is 0.444. The lowest BCUT2D eigenvalue weighted by Gasteiger charge is -2.40. The second-order valence-corrected chi connectivity index (χ2v) is 14.8. The molecule has 2 aliphatic rings. The molecule has 0 radical (unpaired) electrons. The van der Waals surface area contributed by atoms with Crippen molar-refractivity contribution in [2.75, 3.05) is 38.2 Å². The molecule has 2 aliphatic heterocycles. The SMILES string of the molecule is CCOC(=O)N[C@H](C(=O)Nc1cccc(F)c1CC[C@H]1CNC[C@@H](C)N1S(=O)(=O)c1ccccc1)C(c1ccc(Cl)cc1)C1CCOCC1. The summed E-state index contributed by atoms with van der Waals surface area (Å²) in [6.45, 7) is 5.55. The van der Waals surface area contributed by atoms with E-state index in [2.05, 4.69) is 16.0 Å². The van der Waals surface area contributed by atoms with Crippen LogP contribution in [-0.4, -0.2) is 75.8 Å². The number of carbonyl (C=O) groups excluding carboxylic acids is 2. The van der Waals surface area contributed by atoms with Gasteiger partial charge < -0.3 is 25.4 Å². The number of nitrogens with one attached hydrogen (secondary N) is 3. The molecule has 2 fully saturated rings. The van der Waals surface area contributed by atoms with Crippen molar-refractivity contribution >= 4 is 39.3 Å². The third-order valence-corrected chi connectivity index (χ3v) is 11.6. The van der Waals surface area contributed by atoms with Gasteiger partial charge >= 0.3 is 6.09 Å². The largest absolute Gasteiger partial charge is 0.450 e. The van der Waals surface area contributed by atoms with Crippen molar-refractivity contribution in [3.63, 3.8) is 0 Å². The number of alkyl carbamates (subject to hydrolysis) is 1. The Labute approximate surface area is 292 Å². The lowest BCUT2D eigenvalue weighted by molar-refractivity contribution is -0.119. The quantitative estimate of drug-likeness (QED) is 0.219. The van der Waals surface area contributed by atoms with E-state index in [1.165, 1.54) is 16.4 Å². The van der Waals surface area contributed by atoms with Gasteiger partial charge in [0.2, 0.25) is 15.9 Å². The minimum Gasteiger partial charge on any atom is -0.450 e. The van der Waals surface area contributed by atoms with Gasteiger partial charge in [-0.25, -0.2) is 17.6 Å². The third kappa shape index (κ3) is 8.98. The Morgan fingerprint density at radius 3 is 2.45 bits per heavy atom. The number of ether oxygens (including phenoxy) is 2. The molecule has 0 spiro atoms. The van der Waals surface area contributed by atoms with E-state index in [1.807, 2.05) is 19.1 Å². The molecular formula is C36H44ClFN4O6S. The maximum atomic E-state index is 15.6. The molecular weight excluding hydrogens is 671 g/mol. The number of nitrogens with zero attached hydrogens (tertiary/aromatic N) is 1. The Morgan fingerprint density at radius 1 is 1.04 bits per heavy atom. The minimum atomic E-state index is -3.82. The number of anilines is 1. The average Bonchev–Trinajstić information content (AvgIpc) is 3.09. The summed E-state index contributed by atoms with van der Waals surface area (Å²) in [6.07, 6.45) is 1.05. The highest BCUT2D eigenvalue weighted by molar-refractivity contribution is 7.89. The standard InChI is InChI=1S/C36H44ClFN4O6S/c1-3-48-36(44)41-34(33(26-18-20-47-21-19-26)25-12-14-27(37)15-13-25)35(43)40-32-11-7-10-31(38)30(32)17-16-28-23-39-22-24(2)42(28)49(45,46)29-8-5-4-6-9-29/h4-15,24,26,28,33-34,39H,3,16-23H2,1-2H3,(H,40,43)(H,41,44)/t24-,28+,33?,34+/m1/s1. The van der Waals surface area contributed by atoms with Crippen molar-refractivity contribution in [3.8, 4) is 0 Å². The van der Waals surface area contributed by atoms with Crippen LogP contribution in [0.2, 0.25) is 5.02 Å². The normalized spacial score (nSPS) is 20.2. The number of hydrogen-bond donors (Lipinski definition) is 3. The molecule has 5 rings (SSSR count). The van der Waals surface area contributed by atoms with Crippen LogP contribution in [0.3, 0.4) is 0 Å². The Bertz CT molecular complexity index is 1670. The summed E-state index contributed by atoms with van der Waals surface area (Å²) in [4.78, 5) is 27.3. The van der Waals surface area contributed by atoms with Gasteiger partial charge in [-0.3, -0.25) is 4.79 Å². The average molecular weight is 715 g/mol. The van der Waals surface area contributed by atoms with Crippen molar-refractivity contribution < 1.29 is 31.9 Å². The van der Waals surface area contributed by atoms with Gasteiger partial charge in [-0.05, 0) is 87.4 Å². The second kappa shape index (κ2) is 16.9. The number of rotatable bonds is 12. The first-order valence-corrected chi connectivity index (χ1v) is 18.6. The Balaban J connectivity index is 1.42. The molecule has 2 heterocycles. The molecule has 1 unspecified atom stereocenters. The number of sulfonamides is 1. The van der Waals surface area contributed by atoms with Crippen LogP contribution in [-0.2, 0) is 30.7 Å². The van der Waals surface area contributed by atoms with Crippen LogP contribution in [0, 0.1) is 11.7 Å². The van der Waals surface area contributed by atoms with Gasteiger partial charge in [0.1, 0.15) is 11.9 Å². The molecule has 3 N–H and O–H groups in total. The van der Waals surface area contributed by atoms with Crippen molar-refractivity contribution in [1.29, 1.82) is 0 Å². The van der Waals surface area contributed by atoms with Crippen molar-refractivity contribution in [2.45, 2.75) is 68.5 Å². The fourth-order valence-electron chi connectivity index (χ4n) is 6.94. The van der Waals surface area contributed by atoms with Gasteiger partial charge in [0.15, 0.2) is 0 Å². The molecule has 4 atom stereocenters. The highest BCUT2D eigenvalue weighted by Crippen LogP contribution is 2.37. The zero-order chi connectivity index (χ0) is 35.0. The molecule has 3 aromatic carbocycles. The van der Waals surface area contributed by atoms with Crippen LogP contribution in [0.4, 0.5) is 14.9 Å². The summed E-state index contributed by atoms with van der Waals surface area (Å²) in [5.74, 6) is -1.54. The lowest BCUT2D eigenvalue weighted by Crippen LogP contribution is -2.58. The first-order valence-electron chi connectivity index (χ1n) is 16.7. The summed E-state index contributed by atoms with van der Waals surface area (Å²) in [6, 6.07) is 18.0. The topological polar surface area (TPSA) is 126 Å². The summed E-state index contributed by atoms with van der Waals surface area (Å²) >= 11 is 6.20. The third-order valence-electron chi connectivity index (χ3n) is 9.26. The smallest absolute Gasteiger partial charge is 0.407 e. The van der Waals surface area contributed by atoms with Crippen LogP contribution in [0.15, 0.2) is 77.7 Å². The Hall–Kier alpha value is -3.55. The second-order valence-electron chi connectivity index (χ2n) is 12.5. The molecule has 0 saturated carbocycles. The number of carbonyl (C=O) groups is 2. The van der Waals surface area contributed by atoms with Crippen molar-refractivity contribution in [1.82, 2.24) is 14.9 Å². The maximum Gasteiger partial charge on any atom is 0.407 e. The zero-order valence-corrected chi connectivity index (χ0v) is 29.3. The molecule has 49 heavy (non-hydrogen) atoms. The van der Waals surface area contributed by atoms with Gasteiger partial charge in [-0.1, -0.05) is 48.0 Å². The molecule has 264 valence electrons. The minimum absolute atomic E-state index is 0.0158. The van der Waals surface area contributed by atoms with Crippen LogP contribution in [0.1, 0.15) is 50.2 Å².